The maximum Gasteiger partial charge on any atom is 0.190 e. The second kappa shape index (κ2) is 6.76. The van der Waals surface area contributed by atoms with Gasteiger partial charge in [0.05, 0.1) is 5.56 Å². The molecule has 0 bridgehead atoms. The first-order valence-corrected chi connectivity index (χ1v) is 9.05. The Bertz CT molecular complexity index is 978. The average Bonchev–Trinajstić information content (AvgIpc) is 2.56. The number of nitrogens with one attached hydrogen (secondary N) is 2. The first kappa shape index (κ1) is 18.5. The minimum atomic E-state index is -0.0344. The molecule has 136 valence electrons. The van der Waals surface area contributed by atoms with E-state index in [1.165, 1.54) is 0 Å². The van der Waals surface area contributed by atoms with Gasteiger partial charge >= 0.3 is 0 Å². The maximum absolute atomic E-state index is 12.8. The van der Waals surface area contributed by atoms with Crippen LogP contribution in [-0.4, -0.2) is 17.9 Å². The third kappa shape index (κ3) is 3.47. The summed E-state index contributed by atoms with van der Waals surface area (Å²) in [7, 11) is 0. The number of rotatable bonds is 2. The van der Waals surface area contributed by atoms with Crippen molar-refractivity contribution in [1.29, 1.82) is 0 Å². The van der Waals surface area contributed by atoms with Crippen LogP contribution in [0, 0.1) is 13.8 Å². The minimum absolute atomic E-state index is 0.0342. The highest BCUT2D eigenvalue weighted by Crippen LogP contribution is 2.35. The third-order valence-electron chi connectivity index (χ3n) is 4.59. The number of benzene rings is 1. The molecule has 2 aromatic rings. The number of aromatic amines is 1. The quantitative estimate of drug-likeness (QED) is 0.813. The molecule has 0 saturated heterocycles. The lowest BCUT2D eigenvalue weighted by atomic mass is 9.85. The van der Waals surface area contributed by atoms with Crippen molar-refractivity contribution >= 4 is 23.4 Å². The summed E-state index contributed by atoms with van der Waals surface area (Å²) in [6.45, 7) is 10.9. The number of halogens is 1. The first-order chi connectivity index (χ1) is 12.2. The number of H-pyrrole nitrogens is 1. The van der Waals surface area contributed by atoms with Crippen LogP contribution in [0.5, 0.6) is 0 Å². The van der Waals surface area contributed by atoms with Gasteiger partial charge in [-0.1, -0.05) is 38.4 Å². The van der Waals surface area contributed by atoms with Crippen LogP contribution >= 0.6 is 11.6 Å². The SMILES string of the molecule is Cc1cc(C(C)(C)C)c(Cl)cc1-c1cc(=O)c(C2=CNCN=C2)c(C)[nH]1. The van der Waals surface area contributed by atoms with E-state index in [9.17, 15) is 4.79 Å². The lowest BCUT2D eigenvalue weighted by Crippen LogP contribution is -2.18. The van der Waals surface area contributed by atoms with Crippen LogP contribution in [0.1, 0.15) is 43.2 Å². The zero-order valence-corrected chi connectivity index (χ0v) is 16.6. The second-order valence-electron chi connectivity index (χ2n) is 7.72. The molecule has 0 fully saturated rings. The third-order valence-corrected chi connectivity index (χ3v) is 4.90. The molecule has 1 aliphatic rings. The molecule has 1 aliphatic heterocycles. The molecular formula is C21H24ClN3O. The van der Waals surface area contributed by atoms with Crippen LogP contribution in [0.4, 0.5) is 0 Å². The number of nitrogens with zero attached hydrogens (tertiary/aromatic N) is 1. The Morgan fingerprint density at radius 3 is 2.46 bits per heavy atom. The predicted octanol–water partition coefficient (Wildman–Crippen LogP) is 4.58. The van der Waals surface area contributed by atoms with Gasteiger partial charge < -0.3 is 10.3 Å². The fraction of sp³-hybridized carbons (Fsp3) is 0.333. The fourth-order valence-electron chi connectivity index (χ4n) is 3.27. The number of aromatic nitrogens is 1. The molecule has 26 heavy (non-hydrogen) atoms. The molecule has 2 N–H and O–H groups in total. The van der Waals surface area contributed by atoms with Gasteiger partial charge in [0.1, 0.15) is 6.67 Å². The van der Waals surface area contributed by atoms with Crippen molar-refractivity contribution in [2.45, 2.75) is 40.0 Å². The van der Waals surface area contributed by atoms with Gasteiger partial charge in [-0.3, -0.25) is 9.79 Å². The number of aliphatic imine (C=N–C) groups is 1. The summed E-state index contributed by atoms with van der Waals surface area (Å²) >= 11 is 6.54. The summed E-state index contributed by atoms with van der Waals surface area (Å²) in [6.07, 6.45) is 3.55. The number of hydrogen-bond donors (Lipinski definition) is 2. The van der Waals surface area contributed by atoms with Gasteiger partial charge in [-0.15, -0.1) is 0 Å². The van der Waals surface area contributed by atoms with E-state index in [0.717, 1.165) is 33.7 Å². The van der Waals surface area contributed by atoms with Crippen LogP contribution in [0.3, 0.4) is 0 Å². The largest absolute Gasteiger partial charge is 0.372 e. The zero-order valence-electron chi connectivity index (χ0n) is 15.8. The van der Waals surface area contributed by atoms with Crippen LogP contribution < -0.4 is 10.7 Å². The highest BCUT2D eigenvalue weighted by Gasteiger charge is 2.20. The van der Waals surface area contributed by atoms with E-state index in [4.69, 9.17) is 11.6 Å². The average molecular weight is 370 g/mol. The Morgan fingerprint density at radius 1 is 1.15 bits per heavy atom. The Labute approximate surface area is 159 Å². The van der Waals surface area contributed by atoms with E-state index < -0.39 is 0 Å². The van der Waals surface area contributed by atoms with E-state index in [2.05, 4.69) is 42.1 Å². The van der Waals surface area contributed by atoms with Gasteiger partial charge in [-0.2, -0.15) is 0 Å². The summed E-state index contributed by atoms with van der Waals surface area (Å²) in [5.41, 5.74) is 6.08. The fourth-order valence-corrected chi connectivity index (χ4v) is 3.71. The molecule has 5 heteroatoms. The topological polar surface area (TPSA) is 57.2 Å². The molecule has 0 unspecified atom stereocenters. The molecule has 0 spiro atoms. The van der Waals surface area contributed by atoms with Gasteiger partial charge in [-0.25, -0.2) is 0 Å². The highest BCUT2D eigenvalue weighted by molar-refractivity contribution is 6.31. The maximum atomic E-state index is 12.8. The normalized spacial score (nSPS) is 14.2. The second-order valence-corrected chi connectivity index (χ2v) is 8.13. The predicted molar refractivity (Wildman–Crippen MR) is 110 cm³/mol. The Balaban J connectivity index is 2.12. The van der Waals surface area contributed by atoms with Crippen molar-refractivity contribution in [3.8, 4) is 11.3 Å². The van der Waals surface area contributed by atoms with Crippen LogP contribution in [0.25, 0.3) is 16.8 Å². The molecule has 0 saturated carbocycles. The molecule has 0 radical (unpaired) electrons. The molecule has 1 aromatic heterocycles. The number of hydrogen-bond acceptors (Lipinski definition) is 3. The monoisotopic (exact) mass is 369 g/mol. The van der Waals surface area contributed by atoms with Crippen molar-refractivity contribution in [2.75, 3.05) is 6.67 Å². The van der Waals surface area contributed by atoms with Crippen LogP contribution in [-0.2, 0) is 5.41 Å². The number of allylic oxidation sites excluding steroid dienone is 1. The smallest absolute Gasteiger partial charge is 0.190 e. The zero-order chi connectivity index (χ0) is 19.1. The van der Waals surface area contributed by atoms with Crippen molar-refractivity contribution in [3.05, 3.63) is 62.0 Å². The lowest BCUT2D eigenvalue weighted by molar-refractivity contribution is 0.590. The number of pyridine rings is 1. The molecule has 0 aliphatic carbocycles. The van der Waals surface area contributed by atoms with Crippen LogP contribution in [0.15, 0.2) is 34.2 Å². The standard InChI is InChI=1S/C21H24ClN3O/c1-12-6-16(21(3,4)5)17(22)7-15(12)18-8-19(26)20(13(2)25-18)14-9-23-11-24-10-14/h6-10,23H,11H2,1-5H3,(H,25,26). The van der Waals surface area contributed by atoms with Crippen molar-refractivity contribution in [3.63, 3.8) is 0 Å². The van der Waals surface area contributed by atoms with Crippen molar-refractivity contribution in [2.24, 2.45) is 4.99 Å². The first-order valence-electron chi connectivity index (χ1n) is 8.67. The summed E-state index contributed by atoms with van der Waals surface area (Å²) in [5, 5.41) is 3.76. The van der Waals surface area contributed by atoms with Gasteiger partial charge in [0, 0.05) is 46.0 Å². The molecule has 2 heterocycles. The lowest BCUT2D eigenvalue weighted by Gasteiger charge is -2.22. The van der Waals surface area contributed by atoms with E-state index in [1.54, 1.807) is 12.3 Å². The molecule has 3 rings (SSSR count). The van der Waals surface area contributed by atoms with Gasteiger partial charge in [0.2, 0.25) is 0 Å². The van der Waals surface area contributed by atoms with Crippen molar-refractivity contribution in [1.82, 2.24) is 10.3 Å². The van der Waals surface area contributed by atoms with Gasteiger partial charge in [0.25, 0.3) is 0 Å². The molecular weight excluding hydrogens is 346 g/mol. The summed E-state index contributed by atoms with van der Waals surface area (Å²) < 4.78 is 0. The number of aryl methyl sites for hydroxylation is 2. The summed E-state index contributed by atoms with van der Waals surface area (Å²) in [6, 6.07) is 5.70. The molecule has 0 atom stereocenters. The van der Waals surface area contributed by atoms with E-state index in [1.807, 2.05) is 26.1 Å². The van der Waals surface area contributed by atoms with E-state index in [-0.39, 0.29) is 10.8 Å². The van der Waals surface area contributed by atoms with Gasteiger partial charge in [0.15, 0.2) is 5.43 Å². The summed E-state index contributed by atoms with van der Waals surface area (Å²) in [5.74, 6) is 0. The molecule has 1 aromatic carbocycles. The van der Waals surface area contributed by atoms with E-state index >= 15 is 0 Å². The summed E-state index contributed by atoms with van der Waals surface area (Å²) in [4.78, 5) is 20.3. The van der Waals surface area contributed by atoms with E-state index in [0.29, 0.717) is 17.3 Å². The Kier molecular flexibility index (Phi) is 4.80. The Hall–Kier alpha value is -2.33. The Morgan fingerprint density at radius 2 is 1.88 bits per heavy atom. The van der Waals surface area contributed by atoms with Crippen LogP contribution in [0.2, 0.25) is 5.02 Å². The molecule has 0 amide bonds. The minimum Gasteiger partial charge on any atom is -0.372 e. The van der Waals surface area contributed by atoms with Gasteiger partial charge in [-0.05, 0) is 36.5 Å². The molecule has 4 nitrogen and oxygen atoms in total. The highest BCUT2D eigenvalue weighted by atomic mass is 35.5. The van der Waals surface area contributed by atoms with Crippen molar-refractivity contribution < 1.29 is 0 Å².